The molecule has 2 atom stereocenters. The lowest BCUT2D eigenvalue weighted by Crippen LogP contribution is -2.20. The number of imidazole rings is 1. The number of hydrogen-bond acceptors (Lipinski definition) is 4. The Morgan fingerprint density at radius 3 is 2.72 bits per heavy atom. The fourth-order valence-corrected chi connectivity index (χ4v) is 2.36. The van der Waals surface area contributed by atoms with E-state index in [1.807, 2.05) is 30.0 Å². The van der Waals surface area contributed by atoms with E-state index in [-0.39, 0.29) is 5.25 Å². The molecule has 0 amide bonds. The number of nitrogen functional groups attached to an aromatic ring is 1. The molecule has 2 heterocycles. The fraction of sp³-hybridized carbons (Fsp3) is 0.636. The van der Waals surface area contributed by atoms with Crippen LogP contribution in [0.15, 0.2) is 0 Å². The van der Waals surface area contributed by atoms with Crippen molar-refractivity contribution in [1.82, 2.24) is 19.3 Å². The van der Waals surface area contributed by atoms with Crippen LogP contribution in [0.5, 0.6) is 0 Å². The number of rotatable bonds is 4. The summed E-state index contributed by atoms with van der Waals surface area (Å²) < 4.78 is 15.3. The van der Waals surface area contributed by atoms with E-state index in [0.717, 1.165) is 23.4 Å². The molecule has 0 radical (unpaired) electrons. The van der Waals surface area contributed by atoms with E-state index in [4.69, 9.17) is 5.73 Å². The summed E-state index contributed by atoms with van der Waals surface area (Å²) in [6.45, 7) is 7.25. The molecule has 2 N–H and O–H groups in total. The summed E-state index contributed by atoms with van der Waals surface area (Å²) in [6, 6.07) is 0. The van der Waals surface area contributed by atoms with E-state index in [1.165, 1.54) is 0 Å². The number of nitrogens with zero attached hydrogens (tertiary/aromatic N) is 4. The number of anilines is 1. The highest BCUT2D eigenvalue weighted by atomic mass is 32.2. The molecule has 2 aromatic rings. The molecule has 0 aromatic carbocycles. The van der Waals surface area contributed by atoms with Gasteiger partial charge in [-0.15, -0.1) is 0 Å². The van der Waals surface area contributed by atoms with E-state index in [0.29, 0.717) is 12.5 Å². The lowest BCUT2D eigenvalue weighted by Gasteiger charge is -2.12. The van der Waals surface area contributed by atoms with Crippen molar-refractivity contribution in [2.75, 3.05) is 12.0 Å². The Hall–Kier alpha value is -1.37. The summed E-state index contributed by atoms with van der Waals surface area (Å²) in [5, 5.41) is 4.46. The van der Waals surface area contributed by atoms with E-state index in [9.17, 15) is 4.21 Å². The smallest absolute Gasteiger partial charge is 0.202 e. The van der Waals surface area contributed by atoms with Crippen LogP contribution in [0.25, 0.3) is 11.2 Å². The minimum Gasteiger partial charge on any atom is -0.369 e. The predicted molar refractivity (Wildman–Crippen MR) is 73.9 cm³/mol. The van der Waals surface area contributed by atoms with Crippen molar-refractivity contribution in [2.24, 2.45) is 0 Å². The topological polar surface area (TPSA) is 78.7 Å². The molecular formula is C11H19N5OS. The highest BCUT2D eigenvalue weighted by Crippen LogP contribution is 2.21. The van der Waals surface area contributed by atoms with Gasteiger partial charge in [0.15, 0.2) is 5.65 Å². The SMILES string of the molecule is CCn1nc(C)c2nc(N)n(CC(C)S(C)=O)c21. The van der Waals surface area contributed by atoms with Gasteiger partial charge in [-0.2, -0.15) is 5.10 Å². The largest absolute Gasteiger partial charge is 0.369 e. The van der Waals surface area contributed by atoms with Crippen molar-refractivity contribution < 1.29 is 4.21 Å². The first-order chi connectivity index (χ1) is 8.45. The van der Waals surface area contributed by atoms with Crippen molar-refractivity contribution in [1.29, 1.82) is 0 Å². The van der Waals surface area contributed by atoms with Crippen LogP contribution in [0.3, 0.4) is 0 Å². The first-order valence-corrected chi connectivity index (χ1v) is 7.59. The molecule has 2 aromatic heterocycles. The fourth-order valence-electron chi connectivity index (χ4n) is 2.00. The molecule has 18 heavy (non-hydrogen) atoms. The van der Waals surface area contributed by atoms with Gasteiger partial charge >= 0.3 is 0 Å². The third kappa shape index (κ3) is 2.03. The van der Waals surface area contributed by atoms with E-state index >= 15 is 0 Å². The number of fused-ring (bicyclic) bond motifs is 1. The Labute approximate surface area is 109 Å². The monoisotopic (exact) mass is 269 g/mol. The zero-order valence-electron chi connectivity index (χ0n) is 11.2. The lowest BCUT2D eigenvalue weighted by atomic mass is 10.4. The standard InChI is InChI=1S/C11H19N5OS/c1-5-16-10-9(8(3)14-16)13-11(12)15(10)6-7(2)18(4)17/h7H,5-6H2,1-4H3,(H2,12,13). The molecular weight excluding hydrogens is 250 g/mol. The predicted octanol–water partition coefficient (Wildman–Crippen LogP) is 0.910. The van der Waals surface area contributed by atoms with Crippen molar-refractivity contribution in [3.05, 3.63) is 5.69 Å². The summed E-state index contributed by atoms with van der Waals surface area (Å²) >= 11 is 0. The van der Waals surface area contributed by atoms with Gasteiger partial charge in [0, 0.05) is 35.4 Å². The van der Waals surface area contributed by atoms with Crippen molar-refractivity contribution in [2.45, 2.75) is 39.1 Å². The Bertz CT molecular complexity index is 600. The maximum absolute atomic E-state index is 11.5. The van der Waals surface area contributed by atoms with E-state index < -0.39 is 10.8 Å². The molecule has 100 valence electrons. The zero-order valence-corrected chi connectivity index (χ0v) is 12.0. The molecule has 0 fully saturated rings. The number of aryl methyl sites for hydroxylation is 2. The second-order valence-corrected chi connectivity index (χ2v) is 6.27. The summed E-state index contributed by atoms with van der Waals surface area (Å²) in [4.78, 5) is 4.35. The quantitative estimate of drug-likeness (QED) is 0.895. The van der Waals surface area contributed by atoms with Crippen LogP contribution in [0, 0.1) is 6.92 Å². The lowest BCUT2D eigenvalue weighted by molar-refractivity contribution is 0.619. The van der Waals surface area contributed by atoms with E-state index in [1.54, 1.807) is 6.26 Å². The van der Waals surface area contributed by atoms with Gasteiger partial charge in [-0.05, 0) is 20.8 Å². The molecule has 0 bridgehead atoms. The van der Waals surface area contributed by atoms with Gasteiger partial charge in [-0.25, -0.2) is 9.67 Å². The highest BCUT2D eigenvalue weighted by molar-refractivity contribution is 7.84. The molecule has 0 aliphatic carbocycles. The van der Waals surface area contributed by atoms with Crippen LogP contribution >= 0.6 is 0 Å². The minimum atomic E-state index is -0.882. The molecule has 0 aliphatic heterocycles. The molecule has 2 rings (SSSR count). The molecule has 0 saturated heterocycles. The summed E-state index contributed by atoms with van der Waals surface area (Å²) in [5.41, 5.74) is 8.59. The van der Waals surface area contributed by atoms with Crippen LogP contribution in [0.2, 0.25) is 0 Å². The molecule has 0 spiro atoms. The summed E-state index contributed by atoms with van der Waals surface area (Å²) in [5.74, 6) is 0.463. The molecule has 6 nitrogen and oxygen atoms in total. The minimum absolute atomic E-state index is 0.0326. The number of hydrogen-bond donors (Lipinski definition) is 1. The van der Waals surface area contributed by atoms with Gasteiger partial charge in [0.25, 0.3) is 0 Å². The zero-order chi connectivity index (χ0) is 13.4. The third-order valence-electron chi connectivity index (χ3n) is 3.13. The second kappa shape index (κ2) is 4.72. The average molecular weight is 269 g/mol. The molecule has 0 saturated carbocycles. The molecule has 7 heteroatoms. The van der Waals surface area contributed by atoms with Gasteiger partial charge in [0.2, 0.25) is 5.95 Å². The van der Waals surface area contributed by atoms with E-state index in [2.05, 4.69) is 10.1 Å². The number of nitrogens with two attached hydrogens (primary N) is 1. The van der Waals surface area contributed by atoms with Crippen LogP contribution in [-0.2, 0) is 23.9 Å². The van der Waals surface area contributed by atoms with Crippen molar-refractivity contribution in [3.63, 3.8) is 0 Å². The van der Waals surface area contributed by atoms with Gasteiger partial charge in [-0.1, -0.05) is 0 Å². The van der Waals surface area contributed by atoms with Gasteiger partial charge < -0.3 is 5.73 Å². The van der Waals surface area contributed by atoms with Crippen LogP contribution in [0.1, 0.15) is 19.5 Å². The summed E-state index contributed by atoms with van der Waals surface area (Å²) in [6.07, 6.45) is 1.71. The Morgan fingerprint density at radius 2 is 2.17 bits per heavy atom. The Morgan fingerprint density at radius 1 is 1.50 bits per heavy atom. The van der Waals surface area contributed by atoms with Crippen molar-refractivity contribution >= 4 is 27.9 Å². The Balaban J connectivity index is 2.55. The molecule has 0 aliphatic rings. The summed E-state index contributed by atoms with van der Waals surface area (Å²) in [7, 11) is -0.882. The normalized spacial score (nSPS) is 15.1. The maximum Gasteiger partial charge on any atom is 0.202 e. The van der Waals surface area contributed by atoms with Gasteiger partial charge in [0.05, 0.1) is 5.69 Å². The molecule has 2 unspecified atom stereocenters. The first-order valence-electron chi connectivity index (χ1n) is 5.97. The average Bonchev–Trinajstić information content (AvgIpc) is 2.78. The third-order valence-corrected chi connectivity index (χ3v) is 4.42. The maximum atomic E-state index is 11.5. The van der Waals surface area contributed by atoms with Crippen molar-refractivity contribution in [3.8, 4) is 0 Å². The second-order valence-electron chi connectivity index (χ2n) is 4.46. The van der Waals surface area contributed by atoms with Crippen LogP contribution < -0.4 is 5.73 Å². The Kier molecular flexibility index (Phi) is 3.43. The van der Waals surface area contributed by atoms with Gasteiger partial charge in [-0.3, -0.25) is 8.78 Å². The number of aromatic nitrogens is 4. The van der Waals surface area contributed by atoms with Gasteiger partial charge in [0.1, 0.15) is 5.52 Å². The highest BCUT2D eigenvalue weighted by Gasteiger charge is 2.19. The van der Waals surface area contributed by atoms with Crippen LogP contribution in [-0.4, -0.2) is 35.0 Å². The first kappa shape index (κ1) is 13.1. The van der Waals surface area contributed by atoms with Crippen LogP contribution in [0.4, 0.5) is 5.95 Å².